The van der Waals surface area contributed by atoms with E-state index in [0.717, 1.165) is 32.1 Å². The standard InChI is InChI=1S/C13H27O4P/c1-5-7-9-11(3)18(16,12(4)13(14)15)17-10-8-6-2/h11-12H,5-10H2,1-4H3,(H,14,15). The molecule has 0 amide bonds. The third-order valence-corrected chi connectivity index (χ3v) is 6.65. The highest BCUT2D eigenvalue weighted by Crippen LogP contribution is 2.57. The summed E-state index contributed by atoms with van der Waals surface area (Å²) in [6, 6.07) is 0. The molecule has 3 unspecified atom stereocenters. The van der Waals surface area contributed by atoms with Crippen molar-refractivity contribution in [2.45, 2.75) is 71.1 Å². The number of hydrogen-bond donors (Lipinski definition) is 1. The largest absolute Gasteiger partial charge is 0.481 e. The quantitative estimate of drug-likeness (QED) is 0.482. The number of carboxylic acids is 1. The summed E-state index contributed by atoms with van der Waals surface area (Å²) < 4.78 is 18.4. The normalized spacial score (nSPS) is 18.0. The highest BCUT2D eigenvalue weighted by atomic mass is 31.2. The zero-order valence-electron chi connectivity index (χ0n) is 12.0. The molecule has 0 bridgehead atoms. The summed E-state index contributed by atoms with van der Waals surface area (Å²) >= 11 is 0. The van der Waals surface area contributed by atoms with Crippen molar-refractivity contribution < 1.29 is 19.0 Å². The molecule has 0 aliphatic carbocycles. The number of carbonyl (C=O) groups is 1. The van der Waals surface area contributed by atoms with Crippen molar-refractivity contribution in [1.82, 2.24) is 0 Å². The maximum Gasteiger partial charge on any atom is 0.316 e. The molecule has 0 spiro atoms. The summed E-state index contributed by atoms with van der Waals surface area (Å²) in [7, 11) is -3.12. The van der Waals surface area contributed by atoms with Crippen molar-refractivity contribution in [3.63, 3.8) is 0 Å². The topological polar surface area (TPSA) is 63.6 Å². The Labute approximate surface area is 111 Å². The van der Waals surface area contributed by atoms with Crippen LogP contribution in [0.25, 0.3) is 0 Å². The third-order valence-electron chi connectivity index (χ3n) is 3.28. The van der Waals surface area contributed by atoms with E-state index in [1.165, 1.54) is 6.92 Å². The molecule has 0 aromatic rings. The second-order valence-electron chi connectivity index (χ2n) is 4.84. The lowest BCUT2D eigenvalue weighted by atomic mass is 10.2. The van der Waals surface area contributed by atoms with E-state index in [2.05, 4.69) is 6.92 Å². The Morgan fingerprint density at radius 2 is 1.78 bits per heavy atom. The average Bonchev–Trinajstić information content (AvgIpc) is 2.34. The second-order valence-corrected chi connectivity index (χ2v) is 8.04. The molecule has 0 saturated carbocycles. The van der Waals surface area contributed by atoms with E-state index in [1.807, 2.05) is 13.8 Å². The third kappa shape index (κ3) is 5.11. The van der Waals surface area contributed by atoms with Crippen LogP contribution in [0.1, 0.15) is 59.8 Å². The first-order chi connectivity index (χ1) is 8.40. The molecule has 0 heterocycles. The van der Waals surface area contributed by atoms with Crippen LogP contribution in [0.15, 0.2) is 0 Å². The van der Waals surface area contributed by atoms with Crippen molar-refractivity contribution in [2.75, 3.05) is 6.61 Å². The predicted molar refractivity (Wildman–Crippen MR) is 74.6 cm³/mol. The van der Waals surface area contributed by atoms with Gasteiger partial charge in [-0.15, -0.1) is 0 Å². The van der Waals surface area contributed by atoms with Crippen LogP contribution >= 0.6 is 7.37 Å². The molecule has 108 valence electrons. The minimum absolute atomic E-state index is 0.180. The molecule has 0 radical (unpaired) electrons. The highest BCUT2D eigenvalue weighted by Gasteiger charge is 2.40. The van der Waals surface area contributed by atoms with Gasteiger partial charge in [0.15, 0.2) is 0 Å². The van der Waals surface area contributed by atoms with Crippen molar-refractivity contribution in [2.24, 2.45) is 0 Å². The van der Waals surface area contributed by atoms with Gasteiger partial charge in [0.2, 0.25) is 7.37 Å². The summed E-state index contributed by atoms with van der Waals surface area (Å²) in [4.78, 5) is 11.1. The maximum atomic E-state index is 12.8. The van der Waals surface area contributed by atoms with Crippen molar-refractivity contribution in [3.05, 3.63) is 0 Å². The molecular weight excluding hydrogens is 251 g/mol. The average molecular weight is 278 g/mol. The Kier molecular flexibility index (Phi) is 8.54. The van der Waals surface area contributed by atoms with Gasteiger partial charge in [0.1, 0.15) is 5.66 Å². The molecule has 0 fully saturated rings. The molecule has 18 heavy (non-hydrogen) atoms. The molecule has 0 aromatic heterocycles. The number of unbranched alkanes of at least 4 members (excludes halogenated alkanes) is 2. The van der Waals surface area contributed by atoms with Gasteiger partial charge in [0.25, 0.3) is 0 Å². The SMILES string of the molecule is CCCCOP(=O)(C(C)CCCC)C(C)C(=O)O. The lowest BCUT2D eigenvalue weighted by Gasteiger charge is -2.28. The smallest absolute Gasteiger partial charge is 0.316 e. The van der Waals surface area contributed by atoms with Gasteiger partial charge in [-0.1, -0.05) is 40.0 Å². The van der Waals surface area contributed by atoms with Crippen LogP contribution < -0.4 is 0 Å². The van der Waals surface area contributed by atoms with Crippen LogP contribution in [-0.2, 0) is 13.9 Å². The molecule has 0 rings (SSSR count). The molecule has 4 nitrogen and oxygen atoms in total. The zero-order chi connectivity index (χ0) is 14.2. The van der Waals surface area contributed by atoms with Gasteiger partial charge in [-0.05, 0) is 19.8 Å². The van der Waals surface area contributed by atoms with Gasteiger partial charge in [-0.25, -0.2) is 0 Å². The number of carboxylic acid groups (broad SMARTS) is 1. The monoisotopic (exact) mass is 278 g/mol. The van der Waals surface area contributed by atoms with E-state index in [0.29, 0.717) is 6.61 Å². The molecule has 0 aliphatic rings. The number of aliphatic carboxylic acids is 1. The lowest BCUT2D eigenvalue weighted by molar-refractivity contribution is -0.136. The van der Waals surface area contributed by atoms with Crippen LogP contribution in [0.4, 0.5) is 0 Å². The Morgan fingerprint density at radius 1 is 1.22 bits per heavy atom. The first-order valence-electron chi connectivity index (χ1n) is 6.86. The molecular formula is C13H27O4P. The van der Waals surface area contributed by atoms with E-state index < -0.39 is 19.0 Å². The van der Waals surface area contributed by atoms with Crippen molar-refractivity contribution in [1.29, 1.82) is 0 Å². The summed E-state index contributed by atoms with van der Waals surface area (Å²) in [5, 5.41) is 9.10. The Balaban J connectivity index is 4.78. The fraction of sp³-hybridized carbons (Fsp3) is 0.923. The minimum Gasteiger partial charge on any atom is -0.481 e. The Morgan fingerprint density at radius 3 is 2.22 bits per heavy atom. The van der Waals surface area contributed by atoms with Gasteiger partial charge < -0.3 is 9.63 Å². The van der Waals surface area contributed by atoms with E-state index >= 15 is 0 Å². The molecule has 0 saturated heterocycles. The fourth-order valence-corrected chi connectivity index (χ4v) is 4.31. The molecule has 0 aromatic carbocycles. The second kappa shape index (κ2) is 8.71. The fourth-order valence-electron chi connectivity index (χ4n) is 1.81. The van der Waals surface area contributed by atoms with Gasteiger partial charge >= 0.3 is 5.97 Å². The van der Waals surface area contributed by atoms with Crippen LogP contribution in [0, 0.1) is 0 Å². The molecule has 0 aliphatic heterocycles. The lowest BCUT2D eigenvalue weighted by Crippen LogP contribution is -2.24. The minimum atomic E-state index is -3.12. The van der Waals surface area contributed by atoms with Gasteiger partial charge in [-0.2, -0.15) is 0 Å². The molecule has 5 heteroatoms. The predicted octanol–water partition coefficient (Wildman–Crippen LogP) is 4.13. The first kappa shape index (κ1) is 17.7. The zero-order valence-corrected chi connectivity index (χ0v) is 12.9. The number of rotatable bonds is 10. The Hall–Kier alpha value is -0.340. The van der Waals surface area contributed by atoms with E-state index in [1.54, 1.807) is 0 Å². The van der Waals surface area contributed by atoms with Crippen LogP contribution in [-0.4, -0.2) is 29.0 Å². The Bertz CT molecular complexity index is 291. The first-order valence-corrected chi connectivity index (χ1v) is 8.63. The van der Waals surface area contributed by atoms with E-state index in [-0.39, 0.29) is 5.66 Å². The summed E-state index contributed by atoms with van der Waals surface area (Å²) in [5.74, 6) is -1.03. The number of hydrogen-bond acceptors (Lipinski definition) is 3. The van der Waals surface area contributed by atoms with E-state index in [4.69, 9.17) is 9.63 Å². The van der Waals surface area contributed by atoms with Gasteiger partial charge in [0.05, 0.1) is 6.61 Å². The summed E-state index contributed by atoms with van der Waals surface area (Å²) in [6.07, 6.45) is 4.49. The van der Waals surface area contributed by atoms with E-state index in [9.17, 15) is 9.36 Å². The summed E-state index contributed by atoms with van der Waals surface area (Å²) in [6.45, 7) is 7.83. The van der Waals surface area contributed by atoms with Crippen LogP contribution in [0.5, 0.6) is 0 Å². The van der Waals surface area contributed by atoms with Crippen molar-refractivity contribution in [3.8, 4) is 0 Å². The molecule has 1 N–H and O–H groups in total. The van der Waals surface area contributed by atoms with Gasteiger partial charge in [0, 0.05) is 5.66 Å². The van der Waals surface area contributed by atoms with Crippen LogP contribution in [0.3, 0.4) is 0 Å². The highest BCUT2D eigenvalue weighted by molar-refractivity contribution is 7.61. The van der Waals surface area contributed by atoms with Gasteiger partial charge in [-0.3, -0.25) is 9.36 Å². The summed E-state index contributed by atoms with van der Waals surface area (Å²) in [5.41, 5.74) is -1.10. The maximum absolute atomic E-state index is 12.8. The van der Waals surface area contributed by atoms with Crippen molar-refractivity contribution >= 4 is 13.3 Å². The van der Waals surface area contributed by atoms with Crippen LogP contribution in [0.2, 0.25) is 0 Å². The molecule has 3 atom stereocenters.